The van der Waals surface area contributed by atoms with Gasteiger partial charge in [0, 0.05) is 31.4 Å². The highest BCUT2D eigenvalue weighted by Gasteiger charge is 2.47. The first-order valence-corrected chi connectivity index (χ1v) is 9.94. The number of rotatable bonds is 2. The van der Waals surface area contributed by atoms with Crippen LogP contribution in [0.5, 0.6) is 0 Å². The highest BCUT2D eigenvalue weighted by Crippen LogP contribution is 2.29. The van der Waals surface area contributed by atoms with Gasteiger partial charge < -0.3 is 9.32 Å². The van der Waals surface area contributed by atoms with E-state index in [-0.39, 0.29) is 29.5 Å². The van der Waals surface area contributed by atoms with E-state index in [1.807, 2.05) is 30.3 Å². The van der Waals surface area contributed by atoms with Crippen molar-refractivity contribution in [3.05, 3.63) is 36.1 Å². The summed E-state index contributed by atoms with van der Waals surface area (Å²) in [5, 5.41) is 1.05. The van der Waals surface area contributed by atoms with Gasteiger partial charge in [0.2, 0.25) is 5.91 Å². The molecule has 7 heteroatoms. The molecule has 24 heavy (non-hydrogen) atoms. The minimum absolute atomic E-state index is 0.0505. The van der Waals surface area contributed by atoms with Gasteiger partial charge in [-0.15, -0.1) is 0 Å². The van der Waals surface area contributed by atoms with Crippen LogP contribution in [0.2, 0.25) is 0 Å². The molecule has 2 aliphatic heterocycles. The van der Waals surface area contributed by atoms with Crippen LogP contribution in [-0.4, -0.2) is 60.8 Å². The molecule has 1 aromatic carbocycles. The lowest BCUT2D eigenvalue weighted by atomic mass is 10.0. The molecule has 0 aliphatic carbocycles. The third kappa shape index (κ3) is 2.71. The normalized spacial score (nSPS) is 26.6. The Bertz CT molecular complexity index is 856. The van der Waals surface area contributed by atoms with E-state index >= 15 is 0 Å². The quantitative estimate of drug-likeness (QED) is 0.817. The van der Waals surface area contributed by atoms with E-state index in [9.17, 15) is 13.2 Å². The van der Waals surface area contributed by atoms with Crippen molar-refractivity contribution in [2.24, 2.45) is 0 Å². The molecule has 128 valence electrons. The van der Waals surface area contributed by atoms with Crippen molar-refractivity contribution < 1.29 is 17.6 Å². The maximum atomic E-state index is 12.1. The first-order chi connectivity index (χ1) is 11.4. The first-order valence-electron chi connectivity index (χ1n) is 8.12. The second-order valence-electron chi connectivity index (χ2n) is 6.65. The fraction of sp³-hybridized carbons (Fsp3) is 0.471. The number of hydrogen-bond donors (Lipinski definition) is 0. The van der Waals surface area contributed by atoms with E-state index in [2.05, 4.69) is 4.90 Å². The third-order valence-corrected chi connectivity index (χ3v) is 6.73. The van der Waals surface area contributed by atoms with Crippen LogP contribution in [0.3, 0.4) is 0 Å². The van der Waals surface area contributed by atoms with Crippen LogP contribution in [0.25, 0.3) is 11.0 Å². The summed E-state index contributed by atoms with van der Waals surface area (Å²) in [5.41, 5.74) is 0.838. The number of fused-ring (bicyclic) bond motifs is 2. The number of nitrogens with zero attached hydrogens (tertiary/aromatic N) is 2. The molecule has 0 unspecified atom stereocenters. The molecule has 4 rings (SSSR count). The highest BCUT2D eigenvalue weighted by atomic mass is 32.2. The molecular formula is C17H20N2O4S. The summed E-state index contributed by atoms with van der Waals surface area (Å²) >= 11 is 0. The van der Waals surface area contributed by atoms with Crippen molar-refractivity contribution in [2.45, 2.75) is 25.6 Å². The molecule has 0 saturated carbocycles. The van der Waals surface area contributed by atoms with Crippen LogP contribution in [-0.2, 0) is 21.2 Å². The van der Waals surface area contributed by atoms with Gasteiger partial charge in [-0.2, -0.15) is 0 Å². The fourth-order valence-corrected chi connectivity index (χ4v) is 5.94. The lowest BCUT2D eigenvalue weighted by Gasteiger charge is -2.43. The van der Waals surface area contributed by atoms with Gasteiger partial charge in [-0.1, -0.05) is 18.2 Å². The Morgan fingerprint density at radius 3 is 2.71 bits per heavy atom. The van der Waals surface area contributed by atoms with Crippen molar-refractivity contribution in [1.82, 2.24) is 9.80 Å². The zero-order chi connectivity index (χ0) is 16.9. The molecule has 2 atom stereocenters. The van der Waals surface area contributed by atoms with Crippen LogP contribution in [0, 0.1) is 0 Å². The van der Waals surface area contributed by atoms with E-state index < -0.39 is 9.84 Å². The molecule has 2 aliphatic rings. The topological polar surface area (TPSA) is 70.8 Å². The molecule has 3 heterocycles. The van der Waals surface area contributed by atoms with E-state index in [0.717, 1.165) is 16.7 Å². The van der Waals surface area contributed by atoms with Gasteiger partial charge in [-0.25, -0.2) is 8.42 Å². The fourth-order valence-electron chi connectivity index (χ4n) is 3.93. The second-order valence-corrected chi connectivity index (χ2v) is 8.80. The lowest BCUT2D eigenvalue weighted by Crippen LogP contribution is -2.59. The number of sulfone groups is 1. The molecule has 2 aromatic rings. The summed E-state index contributed by atoms with van der Waals surface area (Å²) < 4.78 is 30.1. The minimum atomic E-state index is -3.11. The zero-order valence-electron chi connectivity index (χ0n) is 13.5. The number of carbonyl (C=O) groups excluding carboxylic acids is 1. The van der Waals surface area contributed by atoms with Crippen molar-refractivity contribution in [3.63, 3.8) is 0 Å². The Morgan fingerprint density at radius 1 is 1.21 bits per heavy atom. The van der Waals surface area contributed by atoms with Gasteiger partial charge in [0.15, 0.2) is 9.84 Å². The second kappa shape index (κ2) is 5.60. The molecular weight excluding hydrogens is 328 g/mol. The van der Waals surface area contributed by atoms with Crippen LogP contribution in [0.1, 0.15) is 12.7 Å². The Labute approximate surface area is 140 Å². The molecule has 1 aromatic heterocycles. The van der Waals surface area contributed by atoms with Crippen LogP contribution in [0.15, 0.2) is 34.7 Å². The molecule has 6 nitrogen and oxygen atoms in total. The Balaban J connectivity index is 1.60. The summed E-state index contributed by atoms with van der Waals surface area (Å²) in [6, 6.07) is 9.43. The predicted molar refractivity (Wildman–Crippen MR) is 90.2 cm³/mol. The van der Waals surface area contributed by atoms with Gasteiger partial charge in [-0.05, 0) is 12.1 Å². The molecule has 2 saturated heterocycles. The van der Waals surface area contributed by atoms with Gasteiger partial charge in [-0.3, -0.25) is 9.69 Å². The summed E-state index contributed by atoms with van der Waals surface area (Å²) in [4.78, 5) is 15.7. The number of piperazine rings is 1. The number of furan rings is 1. The summed E-state index contributed by atoms with van der Waals surface area (Å²) in [6.07, 6.45) is 0. The van der Waals surface area contributed by atoms with E-state index in [0.29, 0.717) is 19.6 Å². The summed E-state index contributed by atoms with van der Waals surface area (Å²) in [7, 11) is -3.11. The highest BCUT2D eigenvalue weighted by molar-refractivity contribution is 7.91. The number of amides is 1. The number of para-hydroxylation sites is 1. The number of hydrogen-bond acceptors (Lipinski definition) is 5. The van der Waals surface area contributed by atoms with E-state index in [4.69, 9.17) is 4.42 Å². The smallest absolute Gasteiger partial charge is 0.219 e. The molecule has 2 fully saturated rings. The average molecular weight is 348 g/mol. The third-order valence-electron chi connectivity index (χ3n) is 5.03. The van der Waals surface area contributed by atoms with Crippen LogP contribution >= 0.6 is 0 Å². The SMILES string of the molecule is CC(=O)N1CCN(Cc2cc3ccccc3o2)[C@H]2CS(=O)(=O)C[C@H]21. The number of benzene rings is 1. The van der Waals surface area contributed by atoms with Gasteiger partial charge in [0.05, 0.1) is 24.1 Å². The molecule has 0 spiro atoms. The Kier molecular flexibility index (Phi) is 3.65. The minimum Gasteiger partial charge on any atom is -0.460 e. The molecule has 0 bridgehead atoms. The Hall–Kier alpha value is -1.86. The lowest BCUT2D eigenvalue weighted by molar-refractivity contribution is -0.134. The maximum Gasteiger partial charge on any atom is 0.219 e. The first kappa shape index (κ1) is 15.7. The van der Waals surface area contributed by atoms with Gasteiger partial charge >= 0.3 is 0 Å². The van der Waals surface area contributed by atoms with E-state index in [1.54, 1.807) is 4.90 Å². The monoisotopic (exact) mass is 348 g/mol. The average Bonchev–Trinajstić information content (AvgIpc) is 3.06. The molecule has 0 N–H and O–H groups in total. The predicted octanol–water partition coefficient (Wildman–Crippen LogP) is 1.26. The summed E-state index contributed by atoms with van der Waals surface area (Å²) in [5.74, 6) is 0.955. The van der Waals surface area contributed by atoms with Crippen molar-refractivity contribution in [3.8, 4) is 0 Å². The summed E-state index contributed by atoms with van der Waals surface area (Å²) in [6.45, 7) is 3.30. The standard InChI is InChI=1S/C17H20N2O4S/c1-12(20)19-7-6-18(15-10-24(21,22)11-16(15)19)9-14-8-13-4-2-3-5-17(13)23-14/h2-5,8,15-16H,6-7,9-11H2,1H3/t15-,16+/m0/s1. The van der Waals surface area contributed by atoms with Gasteiger partial charge in [0.1, 0.15) is 11.3 Å². The number of carbonyl (C=O) groups is 1. The van der Waals surface area contributed by atoms with E-state index in [1.165, 1.54) is 6.92 Å². The maximum absolute atomic E-state index is 12.1. The molecule has 1 amide bonds. The largest absolute Gasteiger partial charge is 0.460 e. The molecule has 0 radical (unpaired) electrons. The zero-order valence-corrected chi connectivity index (χ0v) is 14.3. The van der Waals surface area contributed by atoms with Crippen LogP contribution < -0.4 is 0 Å². The van der Waals surface area contributed by atoms with Crippen molar-refractivity contribution in [2.75, 3.05) is 24.6 Å². The van der Waals surface area contributed by atoms with Crippen LogP contribution in [0.4, 0.5) is 0 Å². The Morgan fingerprint density at radius 2 is 1.96 bits per heavy atom. The van der Waals surface area contributed by atoms with Crippen molar-refractivity contribution in [1.29, 1.82) is 0 Å². The van der Waals surface area contributed by atoms with Crippen molar-refractivity contribution >= 4 is 26.7 Å². The van der Waals surface area contributed by atoms with Gasteiger partial charge in [0.25, 0.3) is 0 Å².